The SMILES string of the molecule is Cc1cnc(C(N)=O)c(C)n1.Nc1ncccc1-c1nc2ccc(-n3cccn3)nc2n1-c1ccc2c(c1)CCC2. The first kappa shape index (κ1) is 25.8. The Morgan fingerprint density at radius 2 is 1.78 bits per heavy atom. The van der Waals surface area contributed by atoms with E-state index in [1.54, 1.807) is 24.0 Å². The third kappa shape index (κ3) is 5.00. The van der Waals surface area contributed by atoms with Crippen LogP contribution in [-0.4, -0.2) is 45.2 Å². The van der Waals surface area contributed by atoms with Crippen molar-refractivity contribution in [2.24, 2.45) is 5.73 Å². The maximum Gasteiger partial charge on any atom is 0.269 e. The summed E-state index contributed by atoms with van der Waals surface area (Å²) >= 11 is 0. The number of amides is 1. The van der Waals surface area contributed by atoms with Crippen LogP contribution < -0.4 is 11.5 Å². The van der Waals surface area contributed by atoms with Crippen LogP contribution in [0, 0.1) is 13.8 Å². The maximum atomic E-state index is 10.7. The molecule has 1 aliphatic rings. The number of aryl methyl sites for hydroxylation is 4. The third-order valence-corrected chi connectivity index (χ3v) is 6.95. The van der Waals surface area contributed by atoms with Gasteiger partial charge in [-0.15, -0.1) is 0 Å². The van der Waals surface area contributed by atoms with Crippen LogP contribution in [0.3, 0.4) is 0 Å². The van der Waals surface area contributed by atoms with Crippen LogP contribution in [0.1, 0.15) is 39.4 Å². The summed E-state index contributed by atoms with van der Waals surface area (Å²) in [5, 5.41) is 4.32. The van der Waals surface area contributed by atoms with Gasteiger partial charge in [0.1, 0.15) is 17.0 Å². The molecular formula is C30H28N10O. The zero-order chi connectivity index (χ0) is 28.5. The fourth-order valence-corrected chi connectivity index (χ4v) is 5.05. The molecule has 6 aromatic rings. The maximum absolute atomic E-state index is 10.7. The van der Waals surface area contributed by atoms with E-state index in [9.17, 15) is 4.79 Å². The van der Waals surface area contributed by atoms with Crippen LogP contribution in [0.25, 0.3) is 34.1 Å². The normalized spacial score (nSPS) is 12.1. The summed E-state index contributed by atoms with van der Waals surface area (Å²) < 4.78 is 3.83. The molecule has 1 amide bonds. The molecular weight excluding hydrogens is 516 g/mol. The van der Waals surface area contributed by atoms with Gasteiger partial charge in [0, 0.05) is 30.5 Å². The van der Waals surface area contributed by atoms with Crippen molar-refractivity contribution >= 4 is 22.9 Å². The largest absolute Gasteiger partial charge is 0.383 e. The zero-order valence-corrected chi connectivity index (χ0v) is 22.7. The van der Waals surface area contributed by atoms with Crippen molar-refractivity contribution in [3.63, 3.8) is 0 Å². The first-order valence-electron chi connectivity index (χ1n) is 13.2. The van der Waals surface area contributed by atoms with Crippen molar-refractivity contribution in [1.29, 1.82) is 0 Å². The van der Waals surface area contributed by atoms with Crippen molar-refractivity contribution in [3.05, 3.63) is 102 Å². The molecule has 0 saturated heterocycles. The Morgan fingerprint density at radius 1 is 0.927 bits per heavy atom. The van der Waals surface area contributed by atoms with Gasteiger partial charge in [0.25, 0.3) is 5.91 Å². The molecule has 0 saturated carbocycles. The number of imidazole rings is 1. The van der Waals surface area contributed by atoms with Crippen molar-refractivity contribution in [3.8, 4) is 22.9 Å². The van der Waals surface area contributed by atoms with Gasteiger partial charge in [-0.05, 0) is 86.7 Å². The molecule has 41 heavy (non-hydrogen) atoms. The Hall–Kier alpha value is -5.45. The Labute approximate surface area is 235 Å². The van der Waals surface area contributed by atoms with Gasteiger partial charge in [0.15, 0.2) is 17.3 Å². The number of benzene rings is 1. The van der Waals surface area contributed by atoms with Gasteiger partial charge in [-0.1, -0.05) is 6.07 Å². The summed E-state index contributed by atoms with van der Waals surface area (Å²) in [4.78, 5) is 32.6. The van der Waals surface area contributed by atoms with E-state index in [-0.39, 0.29) is 5.69 Å². The second-order valence-electron chi connectivity index (χ2n) is 9.79. The molecule has 1 aromatic carbocycles. The van der Waals surface area contributed by atoms with Crippen LogP contribution in [0.4, 0.5) is 5.82 Å². The van der Waals surface area contributed by atoms with E-state index in [1.807, 2.05) is 43.5 Å². The van der Waals surface area contributed by atoms with E-state index in [0.29, 0.717) is 11.5 Å². The quantitative estimate of drug-likeness (QED) is 0.338. The zero-order valence-electron chi connectivity index (χ0n) is 22.7. The number of nitrogen functional groups attached to an aromatic ring is 1. The van der Waals surface area contributed by atoms with Gasteiger partial charge < -0.3 is 11.5 Å². The van der Waals surface area contributed by atoms with E-state index < -0.39 is 5.91 Å². The van der Waals surface area contributed by atoms with Crippen LogP contribution in [0.15, 0.2) is 73.3 Å². The van der Waals surface area contributed by atoms with Gasteiger partial charge in [-0.3, -0.25) is 14.3 Å². The Kier molecular flexibility index (Phi) is 6.68. The smallest absolute Gasteiger partial charge is 0.269 e. The summed E-state index contributed by atoms with van der Waals surface area (Å²) in [5.74, 6) is 1.39. The summed E-state index contributed by atoms with van der Waals surface area (Å²) in [7, 11) is 0. The number of nitrogens with two attached hydrogens (primary N) is 2. The predicted octanol–water partition coefficient (Wildman–Crippen LogP) is 3.93. The second kappa shape index (κ2) is 10.6. The average Bonchev–Trinajstić information content (AvgIpc) is 3.72. The number of nitrogens with zero attached hydrogens (tertiary/aromatic N) is 8. The molecule has 0 radical (unpaired) electrons. The van der Waals surface area contributed by atoms with E-state index in [2.05, 4.69) is 42.8 Å². The second-order valence-corrected chi connectivity index (χ2v) is 9.79. The molecule has 4 N–H and O–H groups in total. The molecule has 5 heterocycles. The molecule has 0 atom stereocenters. The molecule has 0 unspecified atom stereocenters. The molecule has 11 nitrogen and oxygen atoms in total. The molecule has 0 bridgehead atoms. The highest BCUT2D eigenvalue weighted by Crippen LogP contribution is 2.32. The predicted molar refractivity (Wildman–Crippen MR) is 156 cm³/mol. The van der Waals surface area contributed by atoms with E-state index in [1.165, 1.54) is 23.7 Å². The number of rotatable bonds is 4. The molecule has 7 rings (SSSR count). The van der Waals surface area contributed by atoms with Gasteiger partial charge >= 0.3 is 0 Å². The molecule has 0 spiro atoms. The Bertz CT molecular complexity index is 1890. The summed E-state index contributed by atoms with van der Waals surface area (Å²) in [5.41, 5.74) is 19.0. The van der Waals surface area contributed by atoms with Crippen LogP contribution in [0.5, 0.6) is 0 Å². The van der Waals surface area contributed by atoms with Gasteiger partial charge in [0.05, 0.1) is 17.0 Å². The number of carbonyl (C=O) groups excluding carboxylic acids is 1. The molecule has 0 aliphatic heterocycles. The lowest BCUT2D eigenvalue weighted by atomic mass is 10.1. The minimum absolute atomic E-state index is 0.246. The summed E-state index contributed by atoms with van der Waals surface area (Å²) in [6.07, 6.45) is 10.3. The topological polar surface area (TPSA) is 156 Å². The van der Waals surface area contributed by atoms with Gasteiger partial charge in [-0.2, -0.15) is 5.10 Å². The number of hydrogen-bond acceptors (Lipinski definition) is 8. The lowest BCUT2D eigenvalue weighted by Crippen LogP contribution is -2.15. The minimum Gasteiger partial charge on any atom is -0.383 e. The first-order chi connectivity index (χ1) is 19.9. The summed E-state index contributed by atoms with van der Waals surface area (Å²) in [6, 6.07) is 16.2. The highest BCUT2D eigenvalue weighted by Gasteiger charge is 2.20. The standard InChI is InChI=1S/C23H19N7.C7H9N3O/c24-21-18(6-2-11-25-21)22-27-19-9-10-20(29-13-3-12-26-29)28-23(19)30(22)17-8-7-15-4-1-5-16(15)14-17;1-4-3-9-6(7(8)11)5(2)10-4/h2-3,6-14H,1,4-5H2,(H2,24,25);3H,1-2H3,(H2,8,11). The van der Waals surface area contributed by atoms with Gasteiger partial charge in [-0.25, -0.2) is 24.6 Å². The molecule has 5 aromatic heterocycles. The molecule has 1 aliphatic carbocycles. The number of hydrogen-bond donors (Lipinski definition) is 2. The van der Waals surface area contributed by atoms with Crippen LogP contribution in [-0.2, 0) is 12.8 Å². The number of fused-ring (bicyclic) bond motifs is 2. The highest BCUT2D eigenvalue weighted by atomic mass is 16.1. The Morgan fingerprint density at radius 3 is 2.54 bits per heavy atom. The van der Waals surface area contributed by atoms with Crippen molar-refractivity contribution in [2.75, 3.05) is 5.73 Å². The van der Waals surface area contributed by atoms with Crippen LogP contribution >= 0.6 is 0 Å². The summed E-state index contributed by atoms with van der Waals surface area (Å²) in [6.45, 7) is 3.52. The number of anilines is 1. The fraction of sp³-hybridized carbons (Fsp3) is 0.167. The molecule has 0 fully saturated rings. The number of carbonyl (C=O) groups is 1. The number of pyridine rings is 2. The van der Waals surface area contributed by atoms with Gasteiger partial charge in [0.2, 0.25) is 0 Å². The average molecular weight is 545 g/mol. The van der Waals surface area contributed by atoms with Crippen molar-refractivity contribution in [2.45, 2.75) is 33.1 Å². The van der Waals surface area contributed by atoms with E-state index in [0.717, 1.165) is 52.6 Å². The monoisotopic (exact) mass is 544 g/mol. The van der Waals surface area contributed by atoms with E-state index >= 15 is 0 Å². The number of primary amides is 1. The molecule has 11 heteroatoms. The lowest BCUT2D eigenvalue weighted by molar-refractivity contribution is 0.0994. The van der Waals surface area contributed by atoms with Crippen molar-refractivity contribution < 1.29 is 4.79 Å². The van der Waals surface area contributed by atoms with Crippen molar-refractivity contribution in [1.82, 2.24) is 39.3 Å². The Balaban J connectivity index is 0.000000233. The lowest BCUT2D eigenvalue weighted by Gasteiger charge is -2.12. The third-order valence-electron chi connectivity index (χ3n) is 6.95. The minimum atomic E-state index is -0.532. The van der Waals surface area contributed by atoms with E-state index in [4.69, 9.17) is 21.4 Å². The fourth-order valence-electron chi connectivity index (χ4n) is 5.05. The van der Waals surface area contributed by atoms with Crippen LogP contribution in [0.2, 0.25) is 0 Å². The molecule has 204 valence electrons. The first-order valence-corrected chi connectivity index (χ1v) is 13.2. The highest BCUT2D eigenvalue weighted by molar-refractivity contribution is 5.91. The number of aromatic nitrogens is 8.